The molecule has 27 heavy (non-hydrogen) atoms. The molecule has 0 aromatic carbocycles. The number of nitrogens with zero attached hydrogens (tertiary/aromatic N) is 1. The minimum absolute atomic E-state index is 1.84. The molecule has 0 heterocycles. The summed E-state index contributed by atoms with van der Waals surface area (Å²) < 4.78 is 85.4. The summed E-state index contributed by atoms with van der Waals surface area (Å²) in [5.41, 5.74) is 0. The van der Waals surface area contributed by atoms with Gasteiger partial charge in [-0.25, -0.2) is 22.8 Å². The van der Waals surface area contributed by atoms with Crippen molar-refractivity contribution < 1.29 is 88.9 Å². The van der Waals surface area contributed by atoms with Crippen LogP contribution in [0.1, 0.15) is 0 Å². The summed E-state index contributed by atoms with van der Waals surface area (Å²) in [5, 5.41) is 0. The van der Waals surface area contributed by atoms with Crippen molar-refractivity contribution in [3.63, 3.8) is 0 Å². The second-order valence-electron chi connectivity index (χ2n) is 3.70. The minimum Gasteiger partial charge on any atom is -0.577 e. The monoisotopic (exact) mass is 543 g/mol. The predicted molar refractivity (Wildman–Crippen MR) is 76.1 cm³/mol. The minimum atomic E-state index is -6.95. The molecule has 0 saturated carbocycles. The van der Waals surface area contributed by atoms with Crippen molar-refractivity contribution in [3.05, 3.63) is 0 Å². The van der Waals surface area contributed by atoms with E-state index >= 15 is 0 Å². The van der Waals surface area contributed by atoms with Gasteiger partial charge in [-0.15, -0.1) is 0 Å². The Balaban J connectivity index is 6.20. The van der Waals surface area contributed by atoms with Gasteiger partial charge in [0.2, 0.25) is 0 Å². The van der Waals surface area contributed by atoms with E-state index in [2.05, 4.69) is 12.9 Å². The van der Waals surface area contributed by atoms with Gasteiger partial charge in [0.1, 0.15) is 0 Å². The molecule has 0 aromatic heterocycles. The smallest absolute Gasteiger partial charge is 0.488 e. The predicted octanol–water partition coefficient (Wildman–Crippen LogP) is -0.972. The summed E-state index contributed by atoms with van der Waals surface area (Å²) in [6, 6.07) is 0. The molecule has 0 aliphatic carbocycles. The van der Waals surface area contributed by atoms with Gasteiger partial charge in [0.25, 0.3) is 0 Å². The molecular weight excluding hydrogens is 535 g/mol. The van der Waals surface area contributed by atoms with Crippen LogP contribution in [0.4, 0.5) is 0 Å². The van der Waals surface area contributed by atoms with Gasteiger partial charge in [-0.2, -0.15) is 12.9 Å². The lowest BCUT2D eigenvalue weighted by atomic mass is 13.8. The SMILES string of the molecule is O=[P+]([O-])N(P(=O)(O)OP(=O)(O)O)P(=O)(O)P(=O)(O)OP(=O)(O)OP(=O)(O)O. The largest absolute Gasteiger partial charge is 0.577 e. The lowest BCUT2D eigenvalue weighted by Gasteiger charge is -2.25. The van der Waals surface area contributed by atoms with Gasteiger partial charge in [-0.3, -0.25) is 4.57 Å². The average molecular weight is 543 g/mol. The highest BCUT2D eigenvalue weighted by Gasteiger charge is 2.66. The van der Waals surface area contributed by atoms with Gasteiger partial charge in [-0.05, 0) is 0 Å². The zero-order valence-electron chi connectivity index (χ0n) is 11.6. The first-order chi connectivity index (χ1) is 11.4. The fraction of sp³-hybridized carbons (Fsp3) is 0. The van der Waals surface area contributed by atoms with E-state index in [9.17, 15) is 46.6 Å². The Morgan fingerprint density at radius 1 is 0.704 bits per heavy atom. The van der Waals surface area contributed by atoms with E-state index < -0.39 is 58.1 Å². The van der Waals surface area contributed by atoms with Gasteiger partial charge >= 0.3 is 53.9 Å². The summed E-state index contributed by atoms with van der Waals surface area (Å²) in [7, 11) is -43.8. The summed E-state index contributed by atoms with van der Waals surface area (Å²) in [6.45, 7) is 0. The Hall–Kier alpha value is 0.960. The summed E-state index contributed by atoms with van der Waals surface area (Å²) >= 11 is 0. The molecule has 0 aromatic rings. The normalized spacial score (nSPS) is 23.0. The second kappa shape index (κ2) is 8.60. The zero-order chi connectivity index (χ0) is 22.3. The number of hydrogen-bond donors (Lipinski definition) is 8. The first kappa shape index (κ1) is 28.0. The van der Waals surface area contributed by atoms with Crippen molar-refractivity contribution in [2.24, 2.45) is 0 Å². The third-order valence-electron chi connectivity index (χ3n) is 1.57. The molecule has 5 atom stereocenters. The van der Waals surface area contributed by atoms with Crippen LogP contribution in [-0.2, 0) is 44.9 Å². The molecular formula is H8NO19P7. The van der Waals surface area contributed by atoms with Crippen molar-refractivity contribution in [1.29, 1.82) is 0 Å². The fourth-order valence-corrected chi connectivity index (χ4v) is 14.3. The molecule has 0 aliphatic rings. The molecule has 0 fully saturated rings. The molecule has 0 spiro atoms. The Morgan fingerprint density at radius 3 is 1.37 bits per heavy atom. The Morgan fingerprint density at radius 2 is 1.07 bits per heavy atom. The van der Waals surface area contributed by atoms with E-state index in [1.54, 1.807) is 0 Å². The van der Waals surface area contributed by atoms with Crippen LogP contribution in [0.15, 0.2) is 0 Å². The van der Waals surface area contributed by atoms with Crippen LogP contribution in [-0.4, -0.2) is 43.4 Å². The van der Waals surface area contributed by atoms with Crippen molar-refractivity contribution in [1.82, 2.24) is 4.21 Å². The van der Waals surface area contributed by atoms with Crippen molar-refractivity contribution in [2.45, 2.75) is 0 Å². The maximum atomic E-state index is 11.9. The third-order valence-corrected chi connectivity index (χ3v) is 16.2. The highest BCUT2D eigenvalue weighted by atomic mass is 32.1. The van der Waals surface area contributed by atoms with E-state index in [1.807, 2.05) is 0 Å². The van der Waals surface area contributed by atoms with Crippen LogP contribution in [0, 0.1) is 0 Å². The molecule has 20 nitrogen and oxygen atoms in total. The standard InChI is InChI=1S/H8NO19P7/c2-21(3)1(22(4,5)18-24(8,9)10)23(6,7)27(16,17)20-26(14,15)19-25(11,12)13/h(H,4,5)(H,6,7)(H,14,15)(H,16,17)(H2,8,9,10)(H2,11,12,13). The van der Waals surface area contributed by atoms with Crippen LogP contribution in [0.3, 0.4) is 0 Å². The molecule has 0 saturated heterocycles. The molecule has 0 bridgehead atoms. The summed E-state index contributed by atoms with van der Waals surface area (Å²) in [5.74, 6) is 0. The van der Waals surface area contributed by atoms with Crippen molar-refractivity contribution in [3.8, 4) is 0 Å². The van der Waals surface area contributed by atoms with E-state index in [0.29, 0.717) is 0 Å². The Bertz CT molecular complexity index is 864. The first-order valence-electron chi connectivity index (χ1n) is 4.96. The lowest BCUT2D eigenvalue weighted by Crippen LogP contribution is -2.16. The zero-order valence-corrected chi connectivity index (χ0v) is 17.9. The number of phosphoric acid groups is 3. The van der Waals surface area contributed by atoms with Crippen LogP contribution in [0.25, 0.3) is 0 Å². The van der Waals surface area contributed by atoms with Crippen molar-refractivity contribution in [2.75, 3.05) is 0 Å². The summed E-state index contributed by atoms with van der Waals surface area (Å²) in [6.07, 6.45) is 0. The molecule has 0 radical (unpaired) electrons. The maximum Gasteiger partial charge on any atom is 0.488 e. The molecule has 5 unspecified atom stereocenters. The molecule has 27 heteroatoms. The van der Waals surface area contributed by atoms with Crippen LogP contribution in [0.2, 0.25) is 0 Å². The maximum absolute atomic E-state index is 11.9. The molecule has 8 N–H and O–H groups in total. The molecule has 0 rings (SSSR count). The van der Waals surface area contributed by atoms with E-state index in [-0.39, 0.29) is 0 Å². The quantitative estimate of drug-likeness (QED) is 0.154. The van der Waals surface area contributed by atoms with E-state index in [1.165, 1.54) is 0 Å². The van der Waals surface area contributed by atoms with E-state index in [0.717, 1.165) is 0 Å². The van der Waals surface area contributed by atoms with Crippen molar-refractivity contribution >= 4 is 53.9 Å². The molecule has 0 amide bonds. The van der Waals surface area contributed by atoms with Crippen LogP contribution in [0.5, 0.6) is 0 Å². The topological polar surface area (TPSA) is 335 Å². The Kier molecular flexibility index (Phi) is 8.91. The number of rotatable bonds is 10. The Labute approximate surface area is 147 Å². The average Bonchev–Trinajstić information content (AvgIpc) is 2.15. The number of hydrogen-bond acceptors (Lipinski definition) is 11. The van der Waals surface area contributed by atoms with Crippen LogP contribution >= 0.6 is 53.9 Å². The fourth-order valence-electron chi connectivity index (χ4n) is 0.938. The van der Waals surface area contributed by atoms with Gasteiger partial charge in [0.15, 0.2) is 0 Å². The highest BCUT2D eigenvalue weighted by Crippen LogP contribution is 2.90. The van der Waals surface area contributed by atoms with Gasteiger partial charge < -0.3 is 44.0 Å². The lowest BCUT2D eigenvalue weighted by molar-refractivity contribution is -0.169. The molecule has 162 valence electrons. The highest BCUT2D eigenvalue weighted by molar-refractivity contribution is 8.31. The summed E-state index contributed by atoms with van der Waals surface area (Å²) in [4.78, 5) is 80.8. The van der Waals surface area contributed by atoms with Crippen LogP contribution < -0.4 is 4.89 Å². The third kappa shape index (κ3) is 8.69. The van der Waals surface area contributed by atoms with Gasteiger partial charge in [0.05, 0.1) is 4.21 Å². The second-order valence-corrected chi connectivity index (χ2v) is 17.2. The van der Waals surface area contributed by atoms with Gasteiger partial charge in [0, 0.05) is 0 Å². The molecule has 0 aliphatic heterocycles. The van der Waals surface area contributed by atoms with Gasteiger partial charge in [-0.1, -0.05) is 4.57 Å². The first-order valence-corrected chi connectivity index (χ1v) is 16.1. The van der Waals surface area contributed by atoms with E-state index in [4.69, 9.17) is 29.4 Å².